The maximum Gasteiger partial charge on any atom is 0.239 e. The van der Waals surface area contributed by atoms with Crippen LogP contribution in [0, 0.1) is 5.92 Å². The van der Waals surface area contributed by atoms with E-state index in [0.717, 1.165) is 12.8 Å². The lowest BCUT2D eigenvalue weighted by atomic mass is 9.84. The summed E-state index contributed by atoms with van der Waals surface area (Å²) < 4.78 is 0. The van der Waals surface area contributed by atoms with Gasteiger partial charge in [-0.2, -0.15) is 5.53 Å². The van der Waals surface area contributed by atoms with Gasteiger partial charge in [0.2, 0.25) is 5.91 Å². The monoisotopic (exact) mass is 155 g/mol. The molecule has 62 valence electrons. The van der Waals surface area contributed by atoms with Crippen LogP contribution in [0.3, 0.4) is 0 Å². The predicted octanol–water partition coefficient (Wildman–Crippen LogP) is -0.316. The molecule has 3 N–H and O–H groups in total. The lowest BCUT2D eigenvalue weighted by molar-refractivity contribution is -0.131. The fourth-order valence-corrected chi connectivity index (χ4v) is 1.90. The van der Waals surface area contributed by atoms with E-state index in [-0.39, 0.29) is 11.8 Å². The third kappa shape index (κ3) is 1.23. The summed E-state index contributed by atoms with van der Waals surface area (Å²) in [6, 6.07) is 0.359. The minimum Gasteiger partial charge on any atom is -0.278 e. The molecular formula is C7H13N3O. The SMILES string of the molecule is O=C1NNNC2CCCCC12. The molecule has 0 bridgehead atoms. The van der Waals surface area contributed by atoms with Crippen LogP contribution in [0.15, 0.2) is 0 Å². The highest BCUT2D eigenvalue weighted by Crippen LogP contribution is 2.24. The maximum atomic E-state index is 11.2. The van der Waals surface area contributed by atoms with Gasteiger partial charge in [-0.05, 0) is 12.8 Å². The first kappa shape index (κ1) is 7.06. The minimum absolute atomic E-state index is 0.147. The fourth-order valence-electron chi connectivity index (χ4n) is 1.90. The Morgan fingerprint density at radius 3 is 2.91 bits per heavy atom. The van der Waals surface area contributed by atoms with E-state index in [1.165, 1.54) is 12.8 Å². The molecule has 1 saturated carbocycles. The topological polar surface area (TPSA) is 53.2 Å². The number of hydrogen-bond donors (Lipinski definition) is 3. The van der Waals surface area contributed by atoms with Crippen LogP contribution in [0.1, 0.15) is 25.7 Å². The van der Waals surface area contributed by atoms with E-state index >= 15 is 0 Å². The zero-order valence-corrected chi connectivity index (χ0v) is 6.39. The molecule has 0 aromatic carbocycles. The van der Waals surface area contributed by atoms with Crippen molar-refractivity contribution in [1.82, 2.24) is 16.4 Å². The lowest BCUT2D eigenvalue weighted by Crippen LogP contribution is -2.63. The van der Waals surface area contributed by atoms with Gasteiger partial charge >= 0.3 is 0 Å². The van der Waals surface area contributed by atoms with Gasteiger partial charge in [-0.1, -0.05) is 12.8 Å². The van der Waals surface area contributed by atoms with Crippen LogP contribution in [0.25, 0.3) is 0 Å². The molecule has 4 heteroatoms. The number of hydrazine groups is 2. The Kier molecular flexibility index (Phi) is 1.79. The van der Waals surface area contributed by atoms with Crippen LogP contribution in [0.5, 0.6) is 0 Å². The summed E-state index contributed by atoms with van der Waals surface area (Å²) in [4.78, 5) is 11.2. The number of amides is 1. The standard InChI is InChI=1S/C7H13N3O/c11-7-5-3-1-2-4-6(5)8-10-9-7/h5-6,8,10H,1-4H2,(H,9,11). The van der Waals surface area contributed by atoms with Crippen molar-refractivity contribution >= 4 is 5.91 Å². The van der Waals surface area contributed by atoms with E-state index in [2.05, 4.69) is 16.4 Å². The largest absolute Gasteiger partial charge is 0.278 e. The van der Waals surface area contributed by atoms with Crippen LogP contribution in [-0.2, 0) is 4.79 Å². The summed E-state index contributed by atoms with van der Waals surface area (Å²) >= 11 is 0. The average Bonchev–Trinajstić information content (AvgIpc) is 2.06. The van der Waals surface area contributed by atoms with Gasteiger partial charge in [-0.15, -0.1) is 0 Å². The number of rotatable bonds is 0. The van der Waals surface area contributed by atoms with Crippen LogP contribution in [0.2, 0.25) is 0 Å². The van der Waals surface area contributed by atoms with Crippen molar-refractivity contribution in [3.63, 3.8) is 0 Å². The van der Waals surface area contributed by atoms with Gasteiger partial charge < -0.3 is 0 Å². The molecule has 1 heterocycles. The quantitative estimate of drug-likeness (QED) is 0.449. The molecule has 2 fully saturated rings. The molecule has 2 atom stereocenters. The highest BCUT2D eigenvalue weighted by atomic mass is 16.2. The summed E-state index contributed by atoms with van der Waals surface area (Å²) in [5.41, 5.74) is 8.33. The van der Waals surface area contributed by atoms with Crippen LogP contribution < -0.4 is 16.4 Å². The van der Waals surface area contributed by atoms with Crippen LogP contribution in [0.4, 0.5) is 0 Å². The van der Waals surface area contributed by atoms with E-state index < -0.39 is 0 Å². The van der Waals surface area contributed by atoms with Gasteiger partial charge in [0.25, 0.3) is 0 Å². The van der Waals surface area contributed by atoms with Gasteiger partial charge in [0.1, 0.15) is 0 Å². The Morgan fingerprint density at radius 1 is 1.27 bits per heavy atom. The van der Waals surface area contributed by atoms with E-state index in [0.29, 0.717) is 6.04 Å². The fraction of sp³-hybridized carbons (Fsp3) is 0.857. The molecule has 1 saturated heterocycles. The van der Waals surface area contributed by atoms with Gasteiger partial charge in [-0.3, -0.25) is 10.2 Å². The van der Waals surface area contributed by atoms with E-state index in [1.807, 2.05) is 0 Å². The highest BCUT2D eigenvalue weighted by Gasteiger charge is 2.33. The molecule has 2 unspecified atom stereocenters. The van der Waals surface area contributed by atoms with Crippen molar-refractivity contribution in [2.75, 3.05) is 0 Å². The molecule has 11 heavy (non-hydrogen) atoms. The first-order valence-corrected chi connectivity index (χ1v) is 4.18. The van der Waals surface area contributed by atoms with Crippen molar-refractivity contribution in [3.05, 3.63) is 0 Å². The predicted molar refractivity (Wildman–Crippen MR) is 40.2 cm³/mol. The van der Waals surface area contributed by atoms with Gasteiger partial charge in [0.15, 0.2) is 0 Å². The summed E-state index contributed by atoms with van der Waals surface area (Å²) in [6.07, 6.45) is 4.58. The molecular weight excluding hydrogens is 142 g/mol. The lowest BCUT2D eigenvalue weighted by Gasteiger charge is -2.35. The smallest absolute Gasteiger partial charge is 0.239 e. The zero-order valence-electron chi connectivity index (χ0n) is 6.39. The highest BCUT2D eigenvalue weighted by molar-refractivity contribution is 5.79. The molecule has 0 spiro atoms. The van der Waals surface area contributed by atoms with Gasteiger partial charge in [-0.25, -0.2) is 5.43 Å². The van der Waals surface area contributed by atoms with Crippen LogP contribution >= 0.6 is 0 Å². The molecule has 2 aliphatic rings. The first-order valence-electron chi connectivity index (χ1n) is 4.18. The molecule has 0 aromatic rings. The minimum atomic E-state index is 0.147. The van der Waals surface area contributed by atoms with Crippen LogP contribution in [-0.4, -0.2) is 11.9 Å². The van der Waals surface area contributed by atoms with Gasteiger partial charge in [0, 0.05) is 6.04 Å². The average molecular weight is 155 g/mol. The normalized spacial score (nSPS) is 37.6. The number of hydrogen-bond acceptors (Lipinski definition) is 3. The number of carbonyl (C=O) groups is 1. The molecule has 1 aliphatic carbocycles. The summed E-state index contributed by atoms with van der Waals surface area (Å²) in [6.45, 7) is 0. The van der Waals surface area contributed by atoms with Crippen molar-refractivity contribution < 1.29 is 4.79 Å². The zero-order chi connectivity index (χ0) is 7.68. The Labute approximate surface area is 65.7 Å². The number of nitrogens with one attached hydrogen (secondary N) is 3. The Balaban J connectivity index is 2.05. The number of fused-ring (bicyclic) bond motifs is 1. The summed E-state index contributed by atoms with van der Waals surface area (Å²) in [5, 5.41) is 0. The molecule has 2 rings (SSSR count). The second-order valence-corrected chi connectivity index (χ2v) is 3.26. The summed E-state index contributed by atoms with van der Waals surface area (Å²) in [5.74, 6) is 0.346. The third-order valence-electron chi connectivity index (χ3n) is 2.55. The Hall–Kier alpha value is -0.610. The second kappa shape index (κ2) is 2.79. The van der Waals surface area contributed by atoms with E-state index in [1.54, 1.807) is 0 Å². The molecule has 0 aromatic heterocycles. The number of carbonyl (C=O) groups excluding carboxylic acids is 1. The van der Waals surface area contributed by atoms with Crippen molar-refractivity contribution in [1.29, 1.82) is 0 Å². The van der Waals surface area contributed by atoms with E-state index in [9.17, 15) is 4.79 Å². The Morgan fingerprint density at radius 2 is 2.09 bits per heavy atom. The van der Waals surface area contributed by atoms with Crippen molar-refractivity contribution in [3.8, 4) is 0 Å². The molecule has 0 radical (unpaired) electrons. The van der Waals surface area contributed by atoms with Crippen molar-refractivity contribution in [2.24, 2.45) is 5.92 Å². The van der Waals surface area contributed by atoms with Crippen molar-refractivity contribution in [2.45, 2.75) is 31.7 Å². The molecule has 1 amide bonds. The maximum absolute atomic E-state index is 11.2. The molecule has 4 nitrogen and oxygen atoms in total. The first-order chi connectivity index (χ1) is 5.38. The molecule has 1 aliphatic heterocycles. The third-order valence-corrected chi connectivity index (χ3v) is 2.55. The second-order valence-electron chi connectivity index (χ2n) is 3.26. The van der Waals surface area contributed by atoms with Gasteiger partial charge in [0.05, 0.1) is 5.92 Å². The Bertz CT molecular complexity index is 169. The summed E-state index contributed by atoms with van der Waals surface area (Å²) in [7, 11) is 0. The van der Waals surface area contributed by atoms with E-state index in [4.69, 9.17) is 0 Å².